The molecule has 0 spiro atoms. The number of rotatable bonds is 2. The van der Waals surface area contributed by atoms with Crippen LogP contribution in [-0.2, 0) is 0 Å². The van der Waals surface area contributed by atoms with Crippen LogP contribution in [0.4, 0.5) is 11.9 Å². The monoisotopic (exact) mass is 329 g/mol. The van der Waals surface area contributed by atoms with Crippen LogP contribution < -0.4 is 5.32 Å². The van der Waals surface area contributed by atoms with Crippen molar-refractivity contribution < 1.29 is 0 Å². The van der Waals surface area contributed by atoms with Crippen LogP contribution in [0.2, 0.25) is 0 Å². The summed E-state index contributed by atoms with van der Waals surface area (Å²) in [7, 11) is 0. The van der Waals surface area contributed by atoms with Gasteiger partial charge in [0.05, 0.1) is 0 Å². The van der Waals surface area contributed by atoms with Gasteiger partial charge in [-0.15, -0.1) is 0 Å². The molecule has 0 aliphatic heterocycles. The molecular formula is C9H7N6Te. The Morgan fingerprint density at radius 1 is 1.00 bits per heavy atom. The molecule has 2 heterocycles. The van der Waals surface area contributed by atoms with Crippen molar-refractivity contribution in [3.8, 4) is 0 Å². The molecule has 0 saturated carbocycles. The first kappa shape index (κ1) is 10.9. The van der Waals surface area contributed by atoms with Crippen LogP contribution in [0, 0.1) is 0 Å². The third kappa shape index (κ3) is 3.22. The average molecular weight is 327 g/mol. The van der Waals surface area contributed by atoms with Crippen LogP contribution >= 0.6 is 0 Å². The van der Waals surface area contributed by atoms with Crippen molar-refractivity contribution in [1.29, 1.82) is 0 Å². The van der Waals surface area contributed by atoms with Gasteiger partial charge in [-0.2, -0.15) is 0 Å². The van der Waals surface area contributed by atoms with E-state index in [1.807, 2.05) is 0 Å². The maximum absolute atomic E-state index is 4.16. The fourth-order valence-corrected chi connectivity index (χ4v) is 1.42. The Bertz CT molecular complexity index is 472. The van der Waals surface area contributed by atoms with Crippen LogP contribution in [0.25, 0.3) is 0 Å². The molecule has 0 aliphatic rings. The van der Waals surface area contributed by atoms with E-state index in [-0.39, 0.29) is 0 Å². The van der Waals surface area contributed by atoms with Gasteiger partial charge in [0, 0.05) is 0 Å². The molecular weight excluding hydrogens is 320 g/mol. The van der Waals surface area contributed by atoms with E-state index in [1.54, 1.807) is 59.2 Å². The summed E-state index contributed by atoms with van der Waals surface area (Å²) in [4.78, 5) is 20.2. The van der Waals surface area contributed by atoms with E-state index in [4.69, 9.17) is 0 Å². The Morgan fingerprint density at radius 2 is 1.56 bits per heavy atom. The predicted molar refractivity (Wildman–Crippen MR) is 60.5 cm³/mol. The zero-order valence-corrected chi connectivity index (χ0v) is 10.4. The second-order valence-corrected chi connectivity index (χ2v) is 3.77. The fourth-order valence-electron chi connectivity index (χ4n) is 0.927. The molecule has 16 heavy (non-hydrogen) atoms. The molecule has 0 aliphatic carbocycles. The molecule has 2 aromatic heterocycles. The van der Waals surface area contributed by atoms with Crippen LogP contribution in [0.3, 0.4) is 0 Å². The molecule has 1 N–H and O–H groups in total. The fraction of sp³-hybridized carbons (Fsp3) is 0. The summed E-state index contributed by atoms with van der Waals surface area (Å²) < 4.78 is 0.646. The summed E-state index contributed by atoms with van der Waals surface area (Å²) in [6, 6.07) is 3.49. The summed E-state index contributed by atoms with van der Waals surface area (Å²) >= 11 is 1.72. The second-order valence-electron chi connectivity index (χ2n) is 2.66. The number of nitrogens with zero attached hydrogens (tertiary/aromatic N) is 5. The molecule has 6 nitrogen and oxygen atoms in total. The number of amidine groups is 1. The van der Waals surface area contributed by atoms with Crippen molar-refractivity contribution in [2.45, 2.75) is 0 Å². The zero-order valence-electron chi connectivity index (χ0n) is 8.11. The van der Waals surface area contributed by atoms with Crippen LogP contribution in [0.1, 0.15) is 0 Å². The SMILES string of the molecule is [Te]/C(=N/c1ncccn1)Nc1ncccn1. The Morgan fingerprint density at radius 3 is 2.19 bits per heavy atom. The molecule has 0 fully saturated rings. The average Bonchev–Trinajstić information content (AvgIpc) is 2.31. The van der Waals surface area contributed by atoms with Gasteiger partial charge in [-0.1, -0.05) is 0 Å². The standard InChI is InChI=1S/C9H7N6Te/c16-9(14-7-10-3-1-4-11-7)15-8-12-5-2-6-13-8/h1-6H,(H,10,11,12,13,14,15). The first-order chi connectivity index (χ1) is 7.84. The summed E-state index contributed by atoms with van der Waals surface area (Å²) in [5.74, 6) is 0.911. The van der Waals surface area contributed by atoms with E-state index in [2.05, 4.69) is 30.2 Å². The Hall–Kier alpha value is -1.58. The van der Waals surface area contributed by atoms with Gasteiger partial charge in [-0.05, 0) is 0 Å². The summed E-state index contributed by atoms with van der Waals surface area (Å²) in [5.41, 5.74) is 0. The molecule has 0 bridgehead atoms. The van der Waals surface area contributed by atoms with Crippen molar-refractivity contribution in [2.75, 3.05) is 5.32 Å². The van der Waals surface area contributed by atoms with E-state index in [0.29, 0.717) is 15.8 Å². The molecule has 0 aromatic carbocycles. The van der Waals surface area contributed by atoms with Gasteiger partial charge in [0.25, 0.3) is 0 Å². The summed E-state index contributed by atoms with van der Waals surface area (Å²) in [6.45, 7) is 0. The maximum atomic E-state index is 4.16. The first-order valence-electron chi connectivity index (χ1n) is 4.41. The van der Waals surface area contributed by atoms with Gasteiger partial charge in [0.1, 0.15) is 0 Å². The topological polar surface area (TPSA) is 76.0 Å². The normalized spacial score (nSPS) is 11.1. The number of aromatic nitrogens is 4. The first-order valence-corrected chi connectivity index (χ1v) is 5.58. The van der Waals surface area contributed by atoms with Crippen LogP contribution in [0.15, 0.2) is 41.9 Å². The molecule has 2 rings (SSSR count). The summed E-state index contributed by atoms with van der Waals surface area (Å²) in [5, 5.41) is 2.94. The van der Waals surface area contributed by atoms with Gasteiger partial charge in [0.2, 0.25) is 0 Å². The van der Waals surface area contributed by atoms with E-state index < -0.39 is 0 Å². The molecule has 7 heteroatoms. The zero-order chi connectivity index (χ0) is 11.2. The van der Waals surface area contributed by atoms with E-state index in [9.17, 15) is 0 Å². The molecule has 0 unspecified atom stereocenters. The molecule has 0 atom stereocenters. The number of hydrogen-bond acceptors (Lipinski definition) is 5. The molecule has 1 radical (unpaired) electrons. The molecule has 0 saturated heterocycles. The van der Waals surface area contributed by atoms with Crippen molar-refractivity contribution in [1.82, 2.24) is 19.9 Å². The van der Waals surface area contributed by atoms with Crippen LogP contribution in [-0.4, -0.2) is 46.1 Å². The third-order valence-electron chi connectivity index (χ3n) is 1.54. The minimum absolute atomic E-state index is 0.408. The third-order valence-corrected chi connectivity index (χ3v) is 2.09. The Kier molecular flexibility index (Phi) is 3.75. The van der Waals surface area contributed by atoms with E-state index in [0.717, 1.165) is 0 Å². The Balaban J connectivity index is 2.09. The second kappa shape index (κ2) is 5.49. The molecule has 2 aromatic rings. The summed E-state index contributed by atoms with van der Waals surface area (Å²) in [6.07, 6.45) is 6.59. The van der Waals surface area contributed by atoms with E-state index >= 15 is 0 Å². The predicted octanol–water partition coefficient (Wildman–Crippen LogP) is 0.535. The van der Waals surface area contributed by atoms with Gasteiger partial charge in [0.15, 0.2) is 0 Å². The van der Waals surface area contributed by atoms with Gasteiger partial charge < -0.3 is 0 Å². The number of hydrogen-bond donors (Lipinski definition) is 1. The number of nitrogens with one attached hydrogen (secondary N) is 1. The quantitative estimate of drug-likeness (QED) is 0.495. The number of aliphatic imine (C=N–C) groups is 1. The van der Waals surface area contributed by atoms with Crippen molar-refractivity contribution >= 4 is 38.1 Å². The molecule has 0 amide bonds. The van der Waals surface area contributed by atoms with E-state index in [1.165, 1.54) is 0 Å². The van der Waals surface area contributed by atoms with Crippen molar-refractivity contribution in [2.24, 2.45) is 4.99 Å². The van der Waals surface area contributed by atoms with Gasteiger partial charge in [-0.3, -0.25) is 0 Å². The van der Waals surface area contributed by atoms with Crippen molar-refractivity contribution in [3.05, 3.63) is 36.9 Å². The number of anilines is 1. The van der Waals surface area contributed by atoms with Gasteiger partial charge in [-0.25, -0.2) is 0 Å². The minimum atomic E-state index is 0.408. The van der Waals surface area contributed by atoms with Gasteiger partial charge >= 0.3 is 105 Å². The Labute approximate surface area is 105 Å². The molecule has 79 valence electrons. The van der Waals surface area contributed by atoms with Crippen LogP contribution in [0.5, 0.6) is 0 Å². The van der Waals surface area contributed by atoms with Crippen molar-refractivity contribution in [3.63, 3.8) is 0 Å².